The molecule has 1 aromatic rings. The molecule has 5 N–H and O–H groups in total. The molecule has 1 saturated heterocycles. The fraction of sp³-hybridized carbons (Fsp3) is 0.529. The molecular weight excluding hydrogens is 289 g/mol. The second-order valence-corrected chi connectivity index (χ2v) is 7.18. The van der Waals surface area contributed by atoms with Gasteiger partial charge in [0.2, 0.25) is 0 Å². The van der Waals surface area contributed by atoms with Gasteiger partial charge < -0.3 is 26.1 Å². The number of aryl methyl sites for hydroxylation is 1. The molecule has 126 valence electrons. The molecule has 6 heteroatoms. The van der Waals surface area contributed by atoms with Crippen molar-refractivity contribution < 1.29 is 9.31 Å². The zero-order valence-electron chi connectivity index (χ0n) is 15.0. The summed E-state index contributed by atoms with van der Waals surface area (Å²) in [5, 5.41) is 3.18. The summed E-state index contributed by atoms with van der Waals surface area (Å²) < 4.78 is 12.3. The van der Waals surface area contributed by atoms with Gasteiger partial charge in [-0.3, -0.25) is 0 Å². The molecule has 1 fully saturated rings. The molecule has 0 amide bonds. The molecule has 5 nitrogen and oxygen atoms in total. The molecule has 1 aromatic carbocycles. The van der Waals surface area contributed by atoms with Crippen molar-refractivity contribution >= 4 is 24.6 Å². The molecule has 0 spiro atoms. The molecule has 0 unspecified atom stereocenters. The summed E-state index contributed by atoms with van der Waals surface area (Å²) in [4.78, 5) is 0. The molecule has 1 aliphatic rings. The first-order valence-electron chi connectivity index (χ1n) is 7.93. The second-order valence-electron chi connectivity index (χ2n) is 7.18. The third-order valence-electron chi connectivity index (χ3n) is 4.75. The highest BCUT2D eigenvalue weighted by Gasteiger charge is 2.52. The molecule has 1 aliphatic heterocycles. The second kappa shape index (κ2) is 6.19. The van der Waals surface area contributed by atoms with Gasteiger partial charge in [0, 0.05) is 6.54 Å². The molecule has 0 bridgehead atoms. The van der Waals surface area contributed by atoms with Gasteiger partial charge in [-0.2, -0.15) is 0 Å². The van der Waals surface area contributed by atoms with E-state index in [1.54, 1.807) is 0 Å². The van der Waals surface area contributed by atoms with Crippen molar-refractivity contribution in [3.63, 3.8) is 0 Å². The maximum Gasteiger partial charge on any atom is 0.491 e. The van der Waals surface area contributed by atoms with E-state index in [2.05, 4.69) is 39.1 Å². The van der Waals surface area contributed by atoms with Gasteiger partial charge in [-0.05, 0) is 70.4 Å². The van der Waals surface area contributed by atoms with Crippen LogP contribution < -0.4 is 16.8 Å². The van der Waals surface area contributed by atoms with Gasteiger partial charge in [0.15, 0.2) is 0 Å². The lowest BCUT2D eigenvalue weighted by Crippen LogP contribution is -2.41. The summed E-state index contributed by atoms with van der Waals surface area (Å²) in [6.07, 6.45) is 2.07. The minimum atomic E-state index is -0.384. The first kappa shape index (κ1) is 17.9. The Morgan fingerprint density at radius 2 is 1.65 bits per heavy atom. The van der Waals surface area contributed by atoms with Crippen LogP contribution >= 0.6 is 0 Å². The van der Waals surface area contributed by atoms with Crippen LogP contribution in [0.5, 0.6) is 0 Å². The van der Waals surface area contributed by atoms with Crippen molar-refractivity contribution in [3.8, 4) is 0 Å². The lowest BCUT2D eigenvalue weighted by molar-refractivity contribution is 0.00578. The standard InChI is InChI=1S/C17H28BN3O2/c1-11-7-14(19)15(20)9-12(11)8-13(10-21-6)18-22-16(2,3)17(4,5)23-18/h7-9,21H,10,19-20H2,1-6H3. The van der Waals surface area contributed by atoms with Crippen LogP contribution in [0.15, 0.2) is 17.6 Å². The molecule has 0 aliphatic carbocycles. The SMILES string of the molecule is CNCC(=Cc1cc(N)c(N)cc1C)B1OC(C)(C)C(C)(C)O1. The summed E-state index contributed by atoms with van der Waals surface area (Å²) in [5.74, 6) is 0. The smallest absolute Gasteiger partial charge is 0.400 e. The quantitative estimate of drug-likeness (QED) is 0.587. The lowest BCUT2D eigenvalue weighted by Gasteiger charge is -2.32. The Hall–Kier alpha value is -1.50. The zero-order valence-corrected chi connectivity index (χ0v) is 15.0. The van der Waals surface area contributed by atoms with E-state index < -0.39 is 0 Å². The molecule has 1 heterocycles. The van der Waals surface area contributed by atoms with E-state index in [0.717, 1.165) is 16.6 Å². The number of nitrogens with one attached hydrogen (secondary N) is 1. The van der Waals surface area contributed by atoms with Crippen LogP contribution in [0.25, 0.3) is 6.08 Å². The first-order chi connectivity index (χ1) is 10.6. The van der Waals surface area contributed by atoms with Gasteiger partial charge in [-0.1, -0.05) is 6.08 Å². The van der Waals surface area contributed by atoms with Gasteiger partial charge in [0.25, 0.3) is 0 Å². The van der Waals surface area contributed by atoms with E-state index in [1.165, 1.54) is 0 Å². The largest absolute Gasteiger partial charge is 0.491 e. The number of nitrogens with two attached hydrogens (primary N) is 2. The predicted molar refractivity (Wildman–Crippen MR) is 98.0 cm³/mol. The van der Waals surface area contributed by atoms with Crippen LogP contribution in [0.2, 0.25) is 0 Å². The minimum Gasteiger partial charge on any atom is -0.400 e. The fourth-order valence-electron chi connectivity index (χ4n) is 2.52. The van der Waals surface area contributed by atoms with Gasteiger partial charge in [-0.25, -0.2) is 0 Å². The van der Waals surface area contributed by atoms with Gasteiger partial charge in [0.1, 0.15) is 0 Å². The maximum atomic E-state index is 6.16. The van der Waals surface area contributed by atoms with E-state index >= 15 is 0 Å². The van der Waals surface area contributed by atoms with Crippen molar-refractivity contribution in [3.05, 3.63) is 28.7 Å². The average molecular weight is 317 g/mol. The van der Waals surface area contributed by atoms with E-state index in [9.17, 15) is 0 Å². The molecule has 2 rings (SSSR count). The van der Waals surface area contributed by atoms with E-state index in [-0.39, 0.29) is 18.3 Å². The Morgan fingerprint density at radius 1 is 1.13 bits per heavy atom. The minimum absolute atomic E-state index is 0.361. The van der Waals surface area contributed by atoms with Crippen LogP contribution in [-0.4, -0.2) is 31.9 Å². The van der Waals surface area contributed by atoms with Gasteiger partial charge in [0.05, 0.1) is 22.6 Å². The maximum absolute atomic E-state index is 6.16. The zero-order chi connectivity index (χ0) is 17.4. The third kappa shape index (κ3) is 3.55. The van der Waals surface area contributed by atoms with Crippen molar-refractivity contribution in [1.82, 2.24) is 5.32 Å². The molecular formula is C17H28BN3O2. The summed E-state index contributed by atoms with van der Waals surface area (Å²) >= 11 is 0. The normalized spacial score (nSPS) is 20.1. The number of anilines is 2. The summed E-state index contributed by atoms with van der Waals surface area (Å²) in [5.41, 5.74) is 15.4. The molecule has 0 atom stereocenters. The average Bonchev–Trinajstić information content (AvgIpc) is 2.64. The summed E-state index contributed by atoms with van der Waals surface area (Å²) in [6.45, 7) is 10.9. The summed E-state index contributed by atoms with van der Waals surface area (Å²) in [7, 11) is 1.52. The molecule has 0 saturated carbocycles. The Bertz CT molecular complexity index is 611. The monoisotopic (exact) mass is 317 g/mol. The topological polar surface area (TPSA) is 82.5 Å². The van der Waals surface area contributed by atoms with E-state index in [0.29, 0.717) is 17.9 Å². The van der Waals surface area contributed by atoms with E-state index in [1.807, 2.05) is 26.1 Å². The van der Waals surface area contributed by atoms with Crippen molar-refractivity contribution in [1.29, 1.82) is 0 Å². The van der Waals surface area contributed by atoms with Gasteiger partial charge in [-0.15, -0.1) is 0 Å². The van der Waals surface area contributed by atoms with Crippen LogP contribution in [0, 0.1) is 6.92 Å². The number of hydrogen-bond donors (Lipinski definition) is 3. The summed E-state index contributed by atoms with van der Waals surface area (Å²) in [6, 6.07) is 3.79. The van der Waals surface area contributed by atoms with Crippen LogP contribution in [0.3, 0.4) is 0 Å². The number of rotatable bonds is 4. The first-order valence-corrected chi connectivity index (χ1v) is 7.93. The number of likely N-dealkylation sites (N-methyl/N-ethyl adjacent to an activating group) is 1. The number of benzene rings is 1. The Labute approximate surface area is 139 Å². The highest BCUT2D eigenvalue weighted by Crippen LogP contribution is 2.39. The fourth-order valence-corrected chi connectivity index (χ4v) is 2.52. The number of hydrogen-bond acceptors (Lipinski definition) is 5. The number of nitrogen functional groups attached to an aromatic ring is 2. The molecule has 0 aromatic heterocycles. The highest BCUT2D eigenvalue weighted by molar-refractivity contribution is 6.56. The predicted octanol–water partition coefficient (Wildman–Crippen LogP) is 2.39. The molecule has 23 heavy (non-hydrogen) atoms. The Kier molecular flexibility index (Phi) is 4.80. The highest BCUT2D eigenvalue weighted by atomic mass is 16.7. The van der Waals surface area contributed by atoms with E-state index in [4.69, 9.17) is 20.8 Å². The van der Waals surface area contributed by atoms with Crippen LogP contribution in [0.1, 0.15) is 38.8 Å². The molecule has 0 radical (unpaired) electrons. The Morgan fingerprint density at radius 3 is 2.17 bits per heavy atom. The van der Waals surface area contributed by atoms with Crippen molar-refractivity contribution in [2.24, 2.45) is 0 Å². The third-order valence-corrected chi connectivity index (χ3v) is 4.75. The van der Waals surface area contributed by atoms with Gasteiger partial charge >= 0.3 is 7.12 Å². The Balaban J connectivity index is 2.38. The van der Waals surface area contributed by atoms with Crippen LogP contribution in [0.4, 0.5) is 11.4 Å². The van der Waals surface area contributed by atoms with Crippen LogP contribution in [-0.2, 0) is 9.31 Å². The van der Waals surface area contributed by atoms with Crippen molar-refractivity contribution in [2.75, 3.05) is 25.1 Å². The van der Waals surface area contributed by atoms with Crippen molar-refractivity contribution in [2.45, 2.75) is 45.8 Å². The lowest BCUT2D eigenvalue weighted by atomic mass is 9.76.